The Morgan fingerprint density at radius 3 is 2.70 bits per heavy atom. The summed E-state index contributed by atoms with van der Waals surface area (Å²) in [4.78, 5) is 0.558. The molecule has 0 spiro atoms. The van der Waals surface area contributed by atoms with Crippen LogP contribution < -0.4 is 4.74 Å². The third-order valence-corrected chi connectivity index (χ3v) is 5.79. The summed E-state index contributed by atoms with van der Waals surface area (Å²) < 4.78 is 18.7. The van der Waals surface area contributed by atoms with Gasteiger partial charge in [0.1, 0.15) is 0 Å². The lowest BCUT2D eigenvalue weighted by Crippen LogP contribution is -2.29. The number of halogens is 2. The van der Waals surface area contributed by atoms with Gasteiger partial charge in [0.2, 0.25) is 0 Å². The van der Waals surface area contributed by atoms with E-state index in [1.54, 1.807) is 12.1 Å². The van der Waals surface area contributed by atoms with Gasteiger partial charge < -0.3 is 4.74 Å². The van der Waals surface area contributed by atoms with Crippen LogP contribution in [0.15, 0.2) is 18.2 Å². The highest BCUT2D eigenvalue weighted by Gasteiger charge is 2.30. The van der Waals surface area contributed by atoms with Gasteiger partial charge in [-0.25, -0.2) is 4.39 Å². The van der Waals surface area contributed by atoms with Crippen molar-refractivity contribution in [3.05, 3.63) is 29.6 Å². The lowest BCUT2D eigenvalue weighted by molar-refractivity contribution is 0.222. The van der Waals surface area contributed by atoms with Crippen molar-refractivity contribution in [2.24, 2.45) is 17.8 Å². The molecule has 2 rings (SSSR count). The summed E-state index contributed by atoms with van der Waals surface area (Å²) in [6, 6.07) is 5.34. The van der Waals surface area contributed by atoms with E-state index in [2.05, 4.69) is 29.8 Å². The van der Waals surface area contributed by atoms with Gasteiger partial charge in [-0.1, -0.05) is 35.8 Å². The van der Waals surface area contributed by atoms with E-state index in [0.29, 0.717) is 16.5 Å². The van der Waals surface area contributed by atoms with Crippen LogP contribution in [-0.4, -0.2) is 11.9 Å². The molecule has 1 aromatic carbocycles. The zero-order valence-corrected chi connectivity index (χ0v) is 14.1. The van der Waals surface area contributed by atoms with Crippen molar-refractivity contribution < 1.29 is 9.13 Å². The number of ether oxygens (including phenoxy) is 1. The van der Waals surface area contributed by atoms with Crippen molar-refractivity contribution in [2.45, 2.75) is 44.4 Å². The van der Waals surface area contributed by atoms with Gasteiger partial charge in [-0.15, -0.1) is 0 Å². The third-order valence-electron chi connectivity index (χ3n) is 4.59. The Balaban J connectivity index is 2.05. The van der Waals surface area contributed by atoms with Gasteiger partial charge in [0.05, 0.1) is 7.11 Å². The van der Waals surface area contributed by atoms with Crippen LogP contribution in [0.3, 0.4) is 0 Å². The van der Waals surface area contributed by atoms with Crippen molar-refractivity contribution in [1.82, 2.24) is 0 Å². The molecule has 1 aliphatic rings. The number of methoxy groups -OCH3 is 1. The number of benzene rings is 1. The number of hydrogen-bond acceptors (Lipinski definition) is 1. The summed E-state index contributed by atoms with van der Waals surface area (Å²) in [6.45, 7) is 4.62. The highest BCUT2D eigenvalue weighted by Crippen LogP contribution is 2.39. The molecule has 1 nitrogen and oxygen atoms in total. The van der Waals surface area contributed by atoms with Crippen LogP contribution in [0.4, 0.5) is 4.39 Å². The Bertz CT molecular complexity index is 447. The fourth-order valence-electron chi connectivity index (χ4n) is 3.22. The average molecular weight is 343 g/mol. The molecule has 0 aromatic heterocycles. The van der Waals surface area contributed by atoms with E-state index in [1.807, 2.05) is 6.07 Å². The SMILES string of the molecule is COc1ccc(CC2CC(C(C)C)CCC2Br)cc1F. The minimum atomic E-state index is -0.257. The van der Waals surface area contributed by atoms with E-state index in [1.165, 1.54) is 26.4 Å². The van der Waals surface area contributed by atoms with Gasteiger partial charge >= 0.3 is 0 Å². The molecule has 1 saturated carbocycles. The molecule has 0 radical (unpaired) electrons. The van der Waals surface area contributed by atoms with Gasteiger partial charge in [0.15, 0.2) is 11.6 Å². The average Bonchev–Trinajstić information content (AvgIpc) is 2.41. The molecule has 1 aliphatic carbocycles. The van der Waals surface area contributed by atoms with Gasteiger partial charge in [-0.05, 0) is 61.1 Å². The molecule has 1 aromatic rings. The van der Waals surface area contributed by atoms with Gasteiger partial charge in [-0.3, -0.25) is 0 Å². The van der Waals surface area contributed by atoms with Crippen molar-refractivity contribution >= 4 is 15.9 Å². The molecule has 1 fully saturated rings. The first-order valence-electron chi connectivity index (χ1n) is 7.47. The molecule has 112 valence electrons. The van der Waals surface area contributed by atoms with Crippen LogP contribution in [-0.2, 0) is 6.42 Å². The number of rotatable bonds is 4. The van der Waals surface area contributed by atoms with Crippen LogP contribution in [0.25, 0.3) is 0 Å². The molecule has 0 aliphatic heterocycles. The van der Waals surface area contributed by atoms with Gasteiger partial charge in [-0.2, -0.15) is 0 Å². The fourth-order valence-corrected chi connectivity index (χ4v) is 3.89. The quantitative estimate of drug-likeness (QED) is 0.682. The molecule has 3 unspecified atom stereocenters. The van der Waals surface area contributed by atoms with Crippen molar-refractivity contribution in [2.75, 3.05) is 7.11 Å². The highest BCUT2D eigenvalue weighted by molar-refractivity contribution is 9.09. The topological polar surface area (TPSA) is 9.23 Å². The number of alkyl halides is 1. The van der Waals surface area contributed by atoms with Crippen LogP contribution in [0.2, 0.25) is 0 Å². The molecule has 3 atom stereocenters. The van der Waals surface area contributed by atoms with Crippen LogP contribution in [0.1, 0.15) is 38.7 Å². The Morgan fingerprint density at radius 2 is 2.10 bits per heavy atom. The first kappa shape index (κ1) is 15.8. The summed E-state index contributed by atoms with van der Waals surface area (Å²) >= 11 is 3.82. The maximum atomic E-state index is 13.8. The Hall–Kier alpha value is -0.570. The molecule has 0 amide bonds. The van der Waals surface area contributed by atoms with E-state index < -0.39 is 0 Å². The second-order valence-electron chi connectivity index (χ2n) is 6.27. The predicted octanol–water partition coefficient (Wildman–Crippen LogP) is 5.21. The van der Waals surface area contributed by atoms with E-state index in [4.69, 9.17) is 4.74 Å². The first-order valence-corrected chi connectivity index (χ1v) is 8.39. The largest absolute Gasteiger partial charge is 0.494 e. The van der Waals surface area contributed by atoms with Crippen molar-refractivity contribution in [1.29, 1.82) is 0 Å². The molecule has 0 saturated heterocycles. The molecule has 3 heteroatoms. The zero-order chi connectivity index (χ0) is 14.7. The van der Waals surface area contributed by atoms with E-state index >= 15 is 0 Å². The summed E-state index contributed by atoms with van der Waals surface area (Å²) in [5, 5.41) is 0. The fraction of sp³-hybridized carbons (Fsp3) is 0.647. The van der Waals surface area contributed by atoms with E-state index in [9.17, 15) is 4.39 Å². The minimum absolute atomic E-state index is 0.257. The maximum Gasteiger partial charge on any atom is 0.165 e. The standard InChI is InChI=1S/C17H24BrFO/c1-11(2)13-5-6-15(18)14(10-13)8-12-4-7-17(20-3)16(19)9-12/h4,7,9,11,13-15H,5-6,8,10H2,1-3H3. The zero-order valence-electron chi connectivity index (χ0n) is 12.5. The van der Waals surface area contributed by atoms with Crippen LogP contribution in [0.5, 0.6) is 5.75 Å². The summed E-state index contributed by atoms with van der Waals surface area (Å²) in [5.41, 5.74) is 1.07. The van der Waals surface area contributed by atoms with Crippen LogP contribution >= 0.6 is 15.9 Å². The maximum absolute atomic E-state index is 13.8. The van der Waals surface area contributed by atoms with Crippen molar-refractivity contribution in [3.8, 4) is 5.75 Å². The second-order valence-corrected chi connectivity index (χ2v) is 7.44. The van der Waals surface area contributed by atoms with E-state index in [0.717, 1.165) is 23.8 Å². The summed E-state index contributed by atoms with van der Waals surface area (Å²) in [7, 11) is 1.50. The van der Waals surface area contributed by atoms with E-state index in [-0.39, 0.29) is 5.82 Å². The lowest BCUT2D eigenvalue weighted by Gasteiger charge is -2.35. The normalized spacial score (nSPS) is 26.8. The Labute approximate surface area is 130 Å². The molecule has 20 heavy (non-hydrogen) atoms. The smallest absolute Gasteiger partial charge is 0.165 e. The molecular weight excluding hydrogens is 319 g/mol. The second kappa shape index (κ2) is 6.93. The number of hydrogen-bond donors (Lipinski definition) is 0. The van der Waals surface area contributed by atoms with Gasteiger partial charge in [0.25, 0.3) is 0 Å². The lowest BCUT2D eigenvalue weighted by atomic mass is 9.74. The Kier molecular flexibility index (Phi) is 5.48. The molecule has 0 bridgehead atoms. The van der Waals surface area contributed by atoms with Crippen LogP contribution in [0, 0.1) is 23.6 Å². The molecular formula is C17H24BrFO. The highest BCUT2D eigenvalue weighted by atomic mass is 79.9. The molecule has 0 heterocycles. The summed E-state index contributed by atoms with van der Waals surface area (Å²) in [6.07, 6.45) is 4.72. The van der Waals surface area contributed by atoms with Crippen molar-refractivity contribution in [3.63, 3.8) is 0 Å². The minimum Gasteiger partial charge on any atom is -0.494 e. The monoisotopic (exact) mass is 342 g/mol. The third kappa shape index (κ3) is 3.75. The predicted molar refractivity (Wildman–Crippen MR) is 85.0 cm³/mol. The van der Waals surface area contributed by atoms with Gasteiger partial charge in [0, 0.05) is 4.83 Å². The summed E-state index contributed by atoms with van der Waals surface area (Å²) in [5.74, 6) is 2.21. The molecule has 0 N–H and O–H groups in total. The first-order chi connectivity index (χ1) is 9.51. The Morgan fingerprint density at radius 1 is 1.35 bits per heavy atom.